The van der Waals surface area contributed by atoms with Crippen LogP contribution in [0.4, 0.5) is 13.2 Å². The molecule has 0 aromatic rings. The van der Waals surface area contributed by atoms with E-state index in [9.17, 15) is 13.2 Å². The summed E-state index contributed by atoms with van der Waals surface area (Å²) in [6.07, 6.45) is -3.17. The van der Waals surface area contributed by atoms with E-state index in [1.54, 1.807) is 0 Å². The van der Waals surface area contributed by atoms with Crippen molar-refractivity contribution in [3.05, 3.63) is 0 Å². The molecule has 5 heteroatoms. The van der Waals surface area contributed by atoms with Crippen molar-refractivity contribution >= 4 is 0 Å². The molecule has 0 radical (unpaired) electrons. The van der Waals surface area contributed by atoms with E-state index >= 15 is 0 Å². The van der Waals surface area contributed by atoms with Crippen molar-refractivity contribution < 1.29 is 13.2 Å². The fourth-order valence-corrected chi connectivity index (χ4v) is 1.76. The fourth-order valence-electron chi connectivity index (χ4n) is 1.76. The van der Waals surface area contributed by atoms with Gasteiger partial charge in [0.25, 0.3) is 0 Å². The summed E-state index contributed by atoms with van der Waals surface area (Å²) in [7, 11) is 0. The van der Waals surface area contributed by atoms with Crippen LogP contribution < -0.4 is 10.6 Å². The first-order valence-electron chi connectivity index (χ1n) is 4.79. The standard InChI is InChI=1S/C9H17F3N2/c1-8(2)3-7(14-5-8)4-13-6-9(10,11)12/h7,13-14H,3-6H2,1-2H3. The minimum Gasteiger partial charge on any atom is -0.312 e. The van der Waals surface area contributed by atoms with E-state index in [0.29, 0.717) is 6.54 Å². The molecule has 84 valence electrons. The zero-order valence-corrected chi connectivity index (χ0v) is 8.54. The molecule has 2 N–H and O–H groups in total. The summed E-state index contributed by atoms with van der Waals surface area (Å²) < 4.78 is 35.4. The van der Waals surface area contributed by atoms with Crippen molar-refractivity contribution in [1.29, 1.82) is 0 Å². The number of alkyl halides is 3. The summed E-state index contributed by atoms with van der Waals surface area (Å²) in [4.78, 5) is 0. The number of hydrogen-bond donors (Lipinski definition) is 2. The summed E-state index contributed by atoms with van der Waals surface area (Å²) >= 11 is 0. The van der Waals surface area contributed by atoms with Crippen molar-refractivity contribution in [1.82, 2.24) is 10.6 Å². The lowest BCUT2D eigenvalue weighted by molar-refractivity contribution is -0.124. The second kappa shape index (κ2) is 4.06. The monoisotopic (exact) mass is 210 g/mol. The maximum Gasteiger partial charge on any atom is 0.401 e. The largest absolute Gasteiger partial charge is 0.401 e. The quantitative estimate of drug-likeness (QED) is 0.738. The molecule has 1 rings (SSSR count). The molecule has 0 amide bonds. The SMILES string of the molecule is CC1(C)CNC(CNCC(F)(F)F)C1. The van der Waals surface area contributed by atoms with Crippen LogP contribution in [0, 0.1) is 5.41 Å². The minimum atomic E-state index is -4.10. The smallest absolute Gasteiger partial charge is 0.312 e. The Labute approximate surface area is 82.2 Å². The number of rotatable bonds is 3. The van der Waals surface area contributed by atoms with E-state index in [4.69, 9.17) is 0 Å². The molecular formula is C9H17F3N2. The van der Waals surface area contributed by atoms with Crippen LogP contribution in [0.25, 0.3) is 0 Å². The van der Waals surface area contributed by atoms with Gasteiger partial charge in [-0.2, -0.15) is 13.2 Å². The van der Waals surface area contributed by atoms with Gasteiger partial charge in [-0.05, 0) is 11.8 Å². The molecule has 0 saturated carbocycles. The Morgan fingerprint density at radius 2 is 2.07 bits per heavy atom. The highest BCUT2D eigenvalue weighted by Gasteiger charge is 2.31. The van der Waals surface area contributed by atoms with Crippen LogP contribution in [0.2, 0.25) is 0 Å². The molecule has 1 saturated heterocycles. The molecular weight excluding hydrogens is 193 g/mol. The Morgan fingerprint density at radius 3 is 2.50 bits per heavy atom. The van der Waals surface area contributed by atoms with Gasteiger partial charge in [0.15, 0.2) is 0 Å². The summed E-state index contributed by atoms with van der Waals surface area (Å²) in [5.74, 6) is 0. The Kier molecular flexibility index (Phi) is 3.42. The van der Waals surface area contributed by atoms with Gasteiger partial charge in [0.05, 0.1) is 6.54 Å². The van der Waals surface area contributed by atoms with E-state index in [1.807, 2.05) is 0 Å². The fraction of sp³-hybridized carbons (Fsp3) is 1.00. The lowest BCUT2D eigenvalue weighted by atomic mass is 9.91. The van der Waals surface area contributed by atoms with Gasteiger partial charge in [-0.15, -0.1) is 0 Å². The second-order valence-corrected chi connectivity index (χ2v) is 4.69. The third-order valence-electron chi connectivity index (χ3n) is 2.38. The number of hydrogen-bond acceptors (Lipinski definition) is 2. The molecule has 0 aromatic carbocycles. The molecule has 0 aliphatic carbocycles. The van der Waals surface area contributed by atoms with Gasteiger partial charge in [0, 0.05) is 19.1 Å². The van der Waals surface area contributed by atoms with Crippen LogP contribution in [0.3, 0.4) is 0 Å². The first-order chi connectivity index (χ1) is 6.29. The molecule has 1 atom stereocenters. The van der Waals surface area contributed by atoms with E-state index < -0.39 is 12.7 Å². The van der Waals surface area contributed by atoms with E-state index in [1.165, 1.54) is 0 Å². The van der Waals surface area contributed by atoms with Gasteiger partial charge in [0.2, 0.25) is 0 Å². The summed E-state index contributed by atoms with van der Waals surface area (Å²) in [5, 5.41) is 5.62. The molecule has 1 heterocycles. The zero-order chi connectivity index (χ0) is 10.8. The maximum atomic E-state index is 11.8. The number of nitrogens with one attached hydrogen (secondary N) is 2. The highest BCUT2D eigenvalue weighted by Crippen LogP contribution is 2.26. The summed E-state index contributed by atoms with van der Waals surface area (Å²) in [6.45, 7) is 4.60. The van der Waals surface area contributed by atoms with Crippen LogP contribution in [0.15, 0.2) is 0 Å². The van der Waals surface area contributed by atoms with Crippen LogP contribution in [-0.2, 0) is 0 Å². The Bertz CT molecular complexity index is 189. The second-order valence-electron chi connectivity index (χ2n) is 4.69. The molecule has 0 spiro atoms. The van der Waals surface area contributed by atoms with E-state index in [-0.39, 0.29) is 11.5 Å². The topological polar surface area (TPSA) is 24.1 Å². The first kappa shape index (κ1) is 11.8. The van der Waals surface area contributed by atoms with Crippen molar-refractivity contribution in [2.45, 2.75) is 32.5 Å². The molecule has 2 nitrogen and oxygen atoms in total. The van der Waals surface area contributed by atoms with Crippen molar-refractivity contribution in [2.24, 2.45) is 5.41 Å². The average Bonchev–Trinajstić information content (AvgIpc) is 2.27. The van der Waals surface area contributed by atoms with Crippen LogP contribution >= 0.6 is 0 Å². The lowest BCUT2D eigenvalue weighted by Gasteiger charge is -2.16. The number of halogens is 3. The summed E-state index contributed by atoms with van der Waals surface area (Å²) in [6, 6.07) is 0.173. The zero-order valence-electron chi connectivity index (χ0n) is 8.54. The molecule has 1 unspecified atom stereocenters. The Balaban J connectivity index is 2.15. The van der Waals surface area contributed by atoms with Gasteiger partial charge < -0.3 is 10.6 Å². The molecule has 1 aliphatic rings. The molecule has 1 fully saturated rings. The van der Waals surface area contributed by atoms with E-state index in [0.717, 1.165) is 13.0 Å². The molecule has 0 aromatic heterocycles. The van der Waals surface area contributed by atoms with Gasteiger partial charge >= 0.3 is 6.18 Å². The van der Waals surface area contributed by atoms with Gasteiger partial charge in [0.1, 0.15) is 0 Å². The van der Waals surface area contributed by atoms with Crippen LogP contribution in [-0.4, -0.2) is 31.9 Å². The normalized spacial score (nSPS) is 26.8. The Morgan fingerprint density at radius 1 is 1.43 bits per heavy atom. The van der Waals surface area contributed by atoms with Gasteiger partial charge in [-0.3, -0.25) is 0 Å². The van der Waals surface area contributed by atoms with Crippen LogP contribution in [0.1, 0.15) is 20.3 Å². The highest BCUT2D eigenvalue weighted by molar-refractivity contribution is 4.88. The minimum absolute atomic E-state index is 0.173. The van der Waals surface area contributed by atoms with Crippen molar-refractivity contribution in [3.8, 4) is 0 Å². The van der Waals surface area contributed by atoms with Crippen molar-refractivity contribution in [3.63, 3.8) is 0 Å². The first-order valence-corrected chi connectivity index (χ1v) is 4.79. The van der Waals surface area contributed by atoms with E-state index in [2.05, 4.69) is 24.5 Å². The predicted molar refractivity (Wildman–Crippen MR) is 49.1 cm³/mol. The van der Waals surface area contributed by atoms with Gasteiger partial charge in [-0.1, -0.05) is 13.8 Å². The molecule has 14 heavy (non-hydrogen) atoms. The maximum absolute atomic E-state index is 11.8. The lowest BCUT2D eigenvalue weighted by Crippen LogP contribution is -2.38. The predicted octanol–water partition coefficient (Wildman–Crippen LogP) is 1.53. The average molecular weight is 210 g/mol. The molecule has 1 aliphatic heterocycles. The third-order valence-corrected chi connectivity index (χ3v) is 2.38. The molecule has 0 bridgehead atoms. The third kappa shape index (κ3) is 4.28. The van der Waals surface area contributed by atoms with Gasteiger partial charge in [-0.25, -0.2) is 0 Å². The van der Waals surface area contributed by atoms with Crippen molar-refractivity contribution in [2.75, 3.05) is 19.6 Å². The Hall–Kier alpha value is -0.290. The highest BCUT2D eigenvalue weighted by atomic mass is 19.4. The summed E-state index contributed by atoms with van der Waals surface area (Å²) in [5.41, 5.74) is 0.213. The van der Waals surface area contributed by atoms with Crippen LogP contribution in [0.5, 0.6) is 0 Å².